The van der Waals surface area contributed by atoms with Gasteiger partial charge in [-0.15, -0.1) is 11.3 Å². The molecule has 0 atom stereocenters. The SMILES string of the molecule is Cc1nc2cc(C(=O)Nc3cccc4c(OC(C)C)cccc34)ccc2s1. The van der Waals surface area contributed by atoms with E-state index in [0.29, 0.717) is 5.56 Å². The molecule has 1 aromatic heterocycles. The van der Waals surface area contributed by atoms with Crippen molar-refractivity contribution >= 4 is 43.9 Å². The Morgan fingerprint density at radius 1 is 1.07 bits per heavy atom. The third-order valence-electron chi connectivity index (χ3n) is 4.25. The normalized spacial score (nSPS) is 11.3. The summed E-state index contributed by atoms with van der Waals surface area (Å²) in [6, 6.07) is 17.4. The minimum Gasteiger partial charge on any atom is -0.490 e. The fraction of sp³-hybridized carbons (Fsp3) is 0.182. The molecule has 0 aliphatic heterocycles. The van der Waals surface area contributed by atoms with Gasteiger partial charge in [0.2, 0.25) is 0 Å². The van der Waals surface area contributed by atoms with Crippen LogP contribution in [0.5, 0.6) is 5.75 Å². The molecule has 0 saturated heterocycles. The van der Waals surface area contributed by atoms with Gasteiger partial charge in [-0.2, -0.15) is 0 Å². The summed E-state index contributed by atoms with van der Waals surface area (Å²) in [5.74, 6) is 0.670. The van der Waals surface area contributed by atoms with Crippen molar-refractivity contribution in [3.63, 3.8) is 0 Å². The maximum atomic E-state index is 12.8. The van der Waals surface area contributed by atoms with Gasteiger partial charge in [0.25, 0.3) is 5.91 Å². The van der Waals surface area contributed by atoms with Gasteiger partial charge in [-0.05, 0) is 51.1 Å². The number of benzene rings is 3. The quantitative estimate of drug-likeness (QED) is 0.490. The van der Waals surface area contributed by atoms with Gasteiger partial charge in [0, 0.05) is 22.0 Å². The van der Waals surface area contributed by atoms with Gasteiger partial charge in [-0.1, -0.05) is 24.3 Å². The van der Waals surface area contributed by atoms with Crippen LogP contribution >= 0.6 is 11.3 Å². The maximum absolute atomic E-state index is 12.8. The predicted octanol–water partition coefficient (Wildman–Crippen LogP) is 5.80. The summed E-state index contributed by atoms with van der Waals surface area (Å²) in [4.78, 5) is 17.3. The zero-order valence-corrected chi connectivity index (χ0v) is 16.3. The largest absolute Gasteiger partial charge is 0.490 e. The molecule has 136 valence electrons. The standard InChI is InChI=1S/C22H20N2O2S/c1-13(2)26-20-9-5-6-16-17(20)7-4-8-18(16)24-22(25)15-10-11-21-19(12-15)23-14(3)27-21/h4-13H,1-3H3,(H,24,25). The van der Waals surface area contributed by atoms with E-state index in [-0.39, 0.29) is 12.0 Å². The summed E-state index contributed by atoms with van der Waals surface area (Å²) in [5, 5.41) is 5.96. The lowest BCUT2D eigenvalue weighted by atomic mass is 10.1. The summed E-state index contributed by atoms with van der Waals surface area (Å²) >= 11 is 1.63. The third-order valence-corrected chi connectivity index (χ3v) is 5.20. The minimum absolute atomic E-state index is 0.0853. The number of nitrogens with one attached hydrogen (secondary N) is 1. The smallest absolute Gasteiger partial charge is 0.255 e. The van der Waals surface area contributed by atoms with E-state index in [4.69, 9.17) is 4.74 Å². The van der Waals surface area contributed by atoms with Crippen LogP contribution in [0.25, 0.3) is 21.0 Å². The number of thiazole rings is 1. The predicted molar refractivity (Wildman–Crippen MR) is 112 cm³/mol. The molecular weight excluding hydrogens is 356 g/mol. The molecule has 5 heteroatoms. The van der Waals surface area contributed by atoms with Crippen molar-refractivity contribution in [2.45, 2.75) is 26.9 Å². The van der Waals surface area contributed by atoms with E-state index in [0.717, 1.165) is 37.4 Å². The fourth-order valence-corrected chi connectivity index (χ4v) is 3.93. The summed E-state index contributed by atoms with van der Waals surface area (Å²) in [5.41, 5.74) is 2.22. The molecule has 3 aromatic carbocycles. The second-order valence-corrected chi connectivity index (χ2v) is 7.93. The Kier molecular flexibility index (Phi) is 4.54. The van der Waals surface area contributed by atoms with Crippen LogP contribution in [0.1, 0.15) is 29.2 Å². The average Bonchev–Trinajstić information content (AvgIpc) is 3.01. The Balaban J connectivity index is 1.68. The van der Waals surface area contributed by atoms with Crippen molar-refractivity contribution in [1.29, 1.82) is 0 Å². The molecule has 1 heterocycles. The van der Waals surface area contributed by atoms with Crippen molar-refractivity contribution in [3.05, 3.63) is 65.2 Å². The second-order valence-electron chi connectivity index (χ2n) is 6.69. The number of hydrogen-bond donors (Lipinski definition) is 1. The van der Waals surface area contributed by atoms with E-state index in [1.807, 2.05) is 75.4 Å². The van der Waals surface area contributed by atoms with Gasteiger partial charge in [-0.25, -0.2) is 4.98 Å². The number of aromatic nitrogens is 1. The summed E-state index contributed by atoms with van der Waals surface area (Å²) in [7, 11) is 0. The molecule has 0 saturated carbocycles. The van der Waals surface area contributed by atoms with E-state index < -0.39 is 0 Å². The van der Waals surface area contributed by atoms with Gasteiger partial charge in [-0.3, -0.25) is 4.79 Å². The van der Waals surface area contributed by atoms with Crippen LogP contribution in [0, 0.1) is 6.92 Å². The summed E-state index contributed by atoms with van der Waals surface area (Å²) in [6.07, 6.45) is 0.0853. The number of carbonyl (C=O) groups excluding carboxylic acids is 1. The molecule has 0 unspecified atom stereocenters. The summed E-state index contributed by atoms with van der Waals surface area (Å²) in [6.45, 7) is 5.97. The lowest BCUT2D eigenvalue weighted by molar-refractivity contribution is 0.102. The number of aryl methyl sites for hydroxylation is 1. The van der Waals surface area contributed by atoms with Gasteiger partial charge >= 0.3 is 0 Å². The molecule has 1 amide bonds. The van der Waals surface area contributed by atoms with Gasteiger partial charge in [0.15, 0.2) is 0 Å². The van der Waals surface area contributed by atoms with Crippen LogP contribution in [-0.2, 0) is 0 Å². The van der Waals surface area contributed by atoms with E-state index >= 15 is 0 Å². The van der Waals surface area contributed by atoms with Gasteiger partial charge in [0.1, 0.15) is 5.75 Å². The molecule has 0 spiro atoms. The molecule has 0 fully saturated rings. The molecule has 0 aliphatic carbocycles. The lowest BCUT2D eigenvalue weighted by Crippen LogP contribution is -2.12. The Bertz CT molecular complexity index is 1150. The first-order valence-electron chi connectivity index (χ1n) is 8.88. The first kappa shape index (κ1) is 17.5. The Labute approximate surface area is 161 Å². The van der Waals surface area contributed by atoms with Crippen LogP contribution in [0.4, 0.5) is 5.69 Å². The molecule has 0 bridgehead atoms. The minimum atomic E-state index is -0.148. The highest BCUT2D eigenvalue weighted by Crippen LogP contribution is 2.32. The van der Waals surface area contributed by atoms with E-state index in [9.17, 15) is 4.79 Å². The van der Waals surface area contributed by atoms with Crippen molar-refractivity contribution in [3.8, 4) is 5.75 Å². The van der Waals surface area contributed by atoms with E-state index in [2.05, 4.69) is 10.3 Å². The highest BCUT2D eigenvalue weighted by atomic mass is 32.1. The molecule has 0 radical (unpaired) electrons. The first-order valence-corrected chi connectivity index (χ1v) is 9.70. The lowest BCUT2D eigenvalue weighted by Gasteiger charge is -2.14. The number of nitrogens with zero attached hydrogens (tertiary/aromatic N) is 1. The zero-order chi connectivity index (χ0) is 19.0. The number of amides is 1. The van der Waals surface area contributed by atoms with Crippen molar-refractivity contribution < 1.29 is 9.53 Å². The Hall–Kier alpha value is -2.92. The Morgan fingerprint density at radius 2 is 1.85 bits per heavy atom. The number of rotatable bonds is 4. The van der Waals surface area contributed by atoms with Crippen molar-refractivity contribution in [2.75, 3.05) is 5.32 Å². The van der Waals surface area contributed by atoms with E-state index in [1.165, 1.54) is 0 Å². The fourth-order valence-electron chi connectivity index (χ4n) is 3.13. The van der Waals surface area contributed by atoms with Crippen LogP contribution in [0.15, 0.2) is 54.6 Å². The number of anilines is 1. The van der Waals surface area contributed by atoms with Gasteiger partial charge < -0.3 is 10.1 Å². The van der Waals surface area contributed by atoms with Crippen LogP contribution < -0.4 is 10.1 Å². The van der Waals surface area contributed by atoms with Crippen LogP contribution in [0.3, 0.4) is 0 Å². The highest BCUT2D eigenvalue weighted by molar-refractivity contribution is 7.18. The number of ether oxygens (including phenoxy) is 1. The molecule has 0 aliphatic rings. The number of hydrogen-bond acceptors (Lipinski definition) is 4. The van der Waals surface area contributed by atoms with Crippen molar-refractivity contribution in [2.24, 2.45) is 0 Å². The molecule has 4 rings (SSSR count). The first-order chi connectivity index (χ1) is 13.0. The number of carbonyl (C=O) groups is 1. The topological polar surface area (TPSA) is 51.2 Å². The molecule has 27 heavy (non-hydrogen) atoms. The number of fused-ring (bicyclic) bond motifs is 2. The second kappa shape index (κ2) is 7.00. The Morgan fingerprint density at radius 3 is 2.67 bits per heavy atom. The highest BCUT2D eigenvalue weighted by Gasteiger charge is 2.12. The van der Waals surface area contributed by atoms with Gasteiger partial charge in [0.05, 0.1) is 21.3 Å². The zero-order valence-electron chi connectivity index (χ0n) is 15.4. The molecule has 4 nitrogen and oxygen atoms in total. The van der Waals surface area contributed by atoms with Crippen LogP contribution in [-0.4, -0.2) is 17.0 Å². The average molecular weight is 376 g/mol. The third kappa shape index (κ3) is 3.51. The molecular formula is C22H20N2O2S. The van der Waals surface area contributed by atoms with E-state index in [1.54, 1.807) is 11.3 Å². The maximum Gasteiger partial charge on any atom is 0.255 e. The summed E-state index contributed by atoms with van der Waals surface area (Å²) < 4.78 is 6.99. The monoisotopic (exact) mass is 376 g/mol. The van der Waals surface area contributed by atoms with Crippen LogP contribution in [0.2, 0.25) is 0 Å². The molecule has 4 aromatic rings. The van der Waals surface area contributed by atoms with Crippen molar-refractivity contribution in [1.82, 2.24) is 4.98 Å². The molecule has 1 N–H and O–H groups in total.